The first kappa shape index (κ1) is 16.4. The van der Waals surface area contributed by atoms with Gasteiger partial charge in [-0.3, -0.25) is 9.69 Å². The Balaban J connectivity index is 1.36. The molecule has 2 heterocycles. The zero-order chi connectivity index (χ0) is 15.5. The van der Waals surface area contributed by atoms with Crippen molar-refractivity contribution in [1.82, 2.24) is 15.1 Å². The highest BCUT2D eigenvalue weighted by atomic mass is 79.9. The highest BCUT2D eigenvalue weighted by Gasteiger charge is 2.32. The normalized spacial score (nSPS) is 20.5. The minimum Gasteiger partial charge on any atom is -0.352 e. The van der Waals surface area contributed by atoms with Crippen LogP contribution in [-0.2, 0) is 11.3 Å². The van der Waals surface area contributed by atoms with Crippen molar-refractivity contribution in [2.24, 2.45) is 0 Å². The van der Waals surface area contributed by atoms with Gasteiger partial charge in [0.25, 0.3) is 0 Å². The number of nitrogens with one attached hydrogen (secondary N) is 1. The van der Waals surface area contributed by atoms with Crippen LogP contribution >= 0.6 is 27.3 Å². The average molecular weight is 386 g/mol. The number of likely N-dealkylation sites (N-methyl/N-ethyl adjacent to an activating group) is 1. The number of thiophene rings is 1. The van der Waals surface area contributed by atoms with Crippen molar-refractivity contribution in [3.63, 3.8) is 0 Å². The van der Waals surface area contributed by atoms with E-state index in [1.807, 2.05) is 7.05 Å². The van der Waals surface area contributed by atoms with Crippen LogP contribution in [0.3, 0.4) is 0 Å². The van der Waals surface area contributed by atoms with Gasteiger partial charge in [0.05, 0.1) is 10.3 Å². The van der Waals surface area contributed by atoms with Crippen LogP contribution in [0.4, 0.5) is 0 Å². The minimum absolute atomic E-state index is 0.156. The van der Waals surface area contributed by atoms with Crippen LogP contribution < -0.4 is 5.32 Å². The summed E-state index contributed by atoms with van der Waals surface area (Å²) in [6.45, 7) is 3.59. The monoisotopic (exact) mass is 385 g/mol. The van der Waals surface area contributed by atoms with Crippen molar-refractivity contribution in [2.45, 2.75) is 44.3 Å². The highest BCUT2D eigenvalue weighted by molar-refractivity contribution is 9.11. The Hall–Kier alpha value is -0.430. The molecule has 1 aliphatic heterocycles. The Morgan fingerprint density at radius 2 is 2.09 bits per heavy atom. The summed E-state index contributed by atoms with van der Waals surface area (Å²) in [4.78, 5) is 18.1. The van der Waals surface area contributed by atoms with Crippen LogP contribution in [0, 0.1) is 0 Å². The number of halogens is 1. The van der Waals surface area contributed by atoms with E-state index < -0.39 is 0 Å². The molecule has 0 atom stereocenters. The van der Waals surface area contributed by atoms with E-state index in [0.29, 0.717) is 12.6 Å². The first-order valence-electron chi connectivity index (χ1n) is 8.06. The van der Waals surface area contributed by atoms with Gasteiger partial charge in [-0.05, 0) is 60.8 Å². The number of amides is 1. The van der Waals surface area contributed by atoms with Gasteiger partial charge < -0.3 is 10.2 Å². The van der Waals surface area contributed by atoms with Gasteiger partial charge in [0.1, 0.15) is 0 Å². The number of rotatable bonds is 6. The molecule has 1 amide bonds. The number of nitrogens with zero attached hydrogens (tertiary/aromatic N) is 2. The third-order valence-electron chi connectivity index (χ3n) is 4.43. The Bertz CT molecular complexity index is 509. The Morgan fingerprint density at radius 3 is 2.68 bits per heavy atom. The molecule has 2 fully saturated rings. The van der Waals surface area contributed by atoms with Gasteiger partial charge >= 0.3 is 0 Å². The molecular weight excluding hydrogens is 362 g/mol. The van der Waals surface area contributed by atoms with Gasteiger partial charge in [0.2, 0.25) is 5.91 Å². The Kier molecular flexibility index (Phi) is 5.55. The first-order valence-corrected chi connectivity index (χ1v) is 9.67. The van der Waals surface area contributed by atoms with Crippen LogP contribution in [0.1, 0.15) is 30.6 Å². The summed E-state index contributed by atoms with van der Waals surface area (Å²) in [6.07, 6.45) is 4.95. The first-order chi connectivity index (χ1) is 10.6. The summed E-state index contributed by atoms with van der Waals surface area (Å²) in [5, 5.41) is 3.21. The van der Waals surface area contributed by atoms with E-state index in [1.54, 1.807) is 11.3 Å². The van der Waals surface area contributed by atoms with E-state index in [2.05, 4.69) is 43.2 Å². The average Bonchev–Trinajstić information content (AvgIpc) is 3.23. The number of carbonyl (C=O) groups is 1. The fraction of sp³-hybridized carbons (Fsp3) is 0.688. The SMILES string of the molecule is CN(CC(=O)NC1CCN(C2CC2)CC1)Cc1ccc(Br)s1. The van der Waals surface area contributed by atoms with Crippen molar-refractivity contribution >= 4 is 33.2 Å². The number of hydrogen-bond donors (Lipinski definition) is 1. The van der Waals surface area contributed by atoms with Crippen molar-refractivity contribution < 1.29 is 4.79 Å². The summed E-state index contributed by atoms with van der Waals surface area (Å²) in [6, 6.07) is 5.39. The van der Waals surface area contributed by atoms with Crippen LogP contribution in [0.5, 0.6) is 0 Å². The third-order valence-corrected chi connectivity index (χ3v) is 6.03. The zero-order valence-electron chi connectivity index (χ0n) is 13.1. The number of hydrogen-bond acceptors (Lipinski definition) is 4. The standard InChI is InChI=1S/C16H24BrN3OS/c1-19(10-14-4-5-15(17)22-14)11-16(21)18-12-6-8-20(9-7-12)13-2-3-13/h4-5,12-13H,2-3,6-11H2,1H3,(H,18,21). The summed E-state index contributed by atoms with van der Waals surface area (Å²) < 4.78 is 1.14. The number of piperidine rings is 1. The molecule has 1 aliphatic carbocycles. The second-order valence-electron chi connectivity index (χ2n) is 6.49. The van der Waals surface area contributed by atoms with E-state index in [4.69, 9.17) is 0 Å². The van der Waals surface area contributed by atoms with Crippen LogP contribution in [0.15, 0.2) is 15.9 Å². The molecule has 3 rings (SSSR count). The lowest BCUT2D eigenvalue weighted by atomic mass is 10.0. The fourth-order valence-electron chi connectivity index (χ4n) is 3.13. The number of likely N-dealkylation sites (tertiary alicyclic amines) is 1. The lowest BCUT2D eigenvalue weighted by Gasteiger charge is -2.32. The second kappa shape index (κ2) is 7.43. The van der Waals surface area contributed by atoms with E-state index >= 15 is 0 Å². The molecule has 0 unspecified atom stereocenters. The lowest BCUT2D eigenvalue weighted by molar-refractivity contribution is -0.123. The topological polar surface area (TPSA) is 35.6 Å². The quantitative estimate of drug-likeness (QED) is 0.817. The molecule has 122 valence electrons. The molecule has 2 aliphatic rings. The molecule has 0 radical (unpaired) electrons. The summed E-state index contributed by atoms with van der Waals surface area (Å²) in [5.41, 5.74) is 0. The van der Waals surface area contributed by atoms with Gasteiger partial charge in [0, 0.05) is 36.6 Å². The largest absolute Gasteiger partial charge is 0.352 e. The van der Waals surface area contributed by atoms with Gasteiger partial charge in [0.15, 0.2) is 0 Å². The van der Waals surface area contributed by atoms with Crippen LogP contribution in [0.2, 0.25) is 0 Å². The second-order valence-corrected chi connectivity index (χ2v) is 9.03. The smallest absolute Gasteiger partial charge is 0.234 e. The van der Waals surface area contributed by atoms with Gasteiger partial charge in [-0.1, -0.05) is 0 Å². The predicted molar refractivity (Wildman–Crippen MR) is 94.1 cm³/mol. The van der Waals surface area contributed by atoms with Crippen LogP contribution in [-0.4, -0.2) is 54.5 Å². The predicted octanol–water partition coefficient (Wildman–Crippen LogP) is 2.69. The zero-order valence-corrected chi connectivity index (χ0v) is 15.5. The molecule has 1 saturated carbocycles. The molecule has 4 nitrogen and oxygen atoms in total. The molecule has 1 aromatic heterocycles. The number of carbonyl (C=O) groups excluding carboxylic acids is 1. The van der Waals surface area contributed by atoms with Crippen molar-refractivity contribution in [2.75, 3.05) is 26.7 Å². The maximum Gasteiger partial charge on any atom is 0.234 e. The molecule has 1 N–H and O–H groups in total. The molecular formula is C16H24BrN3OS. The third kappa shape index (κ3) is 4.78. The van der Waals surface area contributed by atoms with E-state index in [1.165, 1.54) is 17.7 Å². The molecule has 0 aromatic carbocycles. The summed E-state index contributed by atoms with van der Waals surface area (Å²) >= 11 is 5.20. The Labute approximate surface area is 145 Å². The van der Waals surface area contributed by atoms with Crippen molar-refractivity contribution in [3.05, 3.63) is 20.8 Å². The highest BCUT2D eigenvalue weighted by Crippen LogP contribution is 2.29. The molecule has 0 spiro atoms. The molecule has 1 aromatic rings. The molecule has 0 bridgehead atoms. The minimum atomic E-state index is 0.156. The van der Waals surface area contributed by atoms with Crippen LogP contribution in [0.25, 0.3) is 0 Å². The molecule has 22 heavy (non-hydrogen) atoms. The maximum atomic E-state index is 12.2. The van der Waals surface area contributed by atoms with Crippen molar-refractivity contribution in [1.29, 1.82) is 0 Å². The molecule has 6 heteroatoms. The van der Waals surface area contributed by atoms with Gasteiger partial charge in [-0.15, -0.1) is 11.3 Å². The maximum absolute atomic E-state index is 12.2. The fourth-order valence-corrected chi connectivity index (χ4v) is 4.69. The van der Waals surface area contributed by atoms with E-state index in [-0.39, 0.29) is 5.91 Å². The molecule has 1 saturated heterocycles. The van der Waals surface area contributed by atoms with E-state index in [0.717, 1.165) is 42.3 Å². The summed E-state index contributed by atoms with van der Waals surface area (Å²) in [7, 11) is 2.00. The Morgan fingerprint density at radius 1 is 1.36 bits per heavy atom. The lowest BCUT2D eigenvalue weighted by Crippen LogP contribution is -2.47. The van der Waals surface area contributed by atoms with Crippen molar-refractivity contribution in [3.8, 4) is 0 Å². The summed E-state index contributed by atoms with van der Waals surface area (Å²) in [5.74, 6) is 0.156. The van der Waals surface area contributed by atoms with Gasteiger partial charge in [-0.2, -0.15) is 0 Å². The van der Waals surface area contributed by atoms with E-state index in [9.17, 15) is 4.79 Å². The van der Waals surface area contributed by atoms with Gasteiger partial charge in [-0.25, -0.2) is 0 Å².